The predicted molar refractivity (Wildman–Crippen MR) is 81.6 cm³/mol. The Kier molecular flexibility index (Phi) is 3.83. The maximum absolute atomic E-state index is 12.0. The number of esters is 1. The number of aryl methyl sites for hydroxylation is 1. The molecule has 0 aliphatic heterocycles. The average Bonchev–Trinajstić information content (AvgIpc) is 2.98. The van der Waals surface area contributed by atoms with Crippen LogP contribution in [0.5, 0.6) is 5.75 Å². The van der Waals surface area contributed by atoms with Crippen LogP contribution in [0.1, 0.15) is 24.5 Å². The van der Waals surface area contributed by atoms with Crippen LogP contribution in [0.3, 0.4) is 0 Å². The molecule has 5 nitrogen and oxygen atoms in total. The first-order valence-corrected chi connectivity index (χ1v) is 7.41. The van der Waals surface area contributed by atoms with E-state index in [1.165, 1.54) is 7.11 Å². The molecule has 0 saturated carbocycles. The standard InChI is InChI=1S/C16H15ClO5/c1-8(15(18)20-2)21-14-7-13-11(6-12(14)17)9-4-3-5-10(9)16(19)22-13/h6-8H,3-5H2,1-2H3. The van der Waals surface area contributed by atoms with Crippen molar-refractivity contribution in [2.45, 2.75) is 32.3 Å². The fourth-order valence-corrected chi connectivity index (χ4v) is 2.99. The van der Waals surface area contributed by atoms with Crippen LogP contribution in [0.15, 0.2) is 21.3 Å². The molecule has 1 aromatic carbocycles. The minimum Gasteiger partial charge on any atom is -0.477 e. The number of halogens is 1. The molecule has 3 rings (SSSR count). The highest BCUT2D eigenvalue weighted by atomic mass is 35.5. The van der Waals surface area contributed by atoms with Crippen molar-refractivity contribution in [3.63, 3.8) is 0 Å². The summed E-state index contributed by atoms with van der Waals surface area (Å²) in [6.45, 7) is 1.56. The van der Waals surface area contributed by atoms with Crippen LogP contribution in [-0.4, -0.2) is 19.2 Å². The lowest BCUT2D eigenvalue weighted by Crippen LogP contribution is -2.25. The van der Waals surface area contributed by atoms with Crippen molar-refractivity contribution in [3.05, 3.63) is 38.7 Å². The van der Waals surface area contributed by atoms with Gasteiger partial charge < -0.3 is 13.9 Å². The van der Waals surface area contributed by atoms with E-state index in [1.807, 2.05) is 0 Å². The third-order valence-corrected chi connectivity index (χ3v) is 4.16. The highest BCUT2D eigenvalue weighted by Crippen LogP contribution is 2.35. The zero-order valence-corrected chi connectivity index (χ0v) is 13.0. The minimum absolute atomic E-state index is 0.285. The second-order valence-corrected chi connectivity index (χ2v) is 5.67. The van der Waals surface area contributed by atoms with E-state index in [0.29, 0.717) is 10.6 Å². The largest absolute Gasteiger partial charge is 0.477 e. The van der Waals surface area contributed by atoms with Crippen LogP contribution in [0.25, 0.3) is 11.0 Å². The lowest BCUT2D eigenvalue weighted by atomic mass is 10.1. The number of carbonyl (C=O) groups excluding carboxylic acids is 1. The van der Waals surface area contributed by atoms with Crippen molar-refractivity contribution in [1.29, 1.82) is 0 Å². The molecule has 0 spiro atoms. The molecule has 0 bridgehead atoms. The van der Waals surface area contributed by atoms with Gasteiger partial charge in [0, 0.05) is 17.0 Å². The molecule has 1 atom stereocenters. The van der Waals surface area contributed by atoms with Gasteiger partial charge in [-0.15, -0.1) is 0 Å². The van der Waals surface area contributed by atoms with Crippen molar-refractivity contribution in [2.75, 3.05) is 7.11 Å². The maximum Gasteiger partial charge on any atom is 0.346 e. The SMILES string of the molecule is COC(=O)C(C)Oc1cc2oc(=O)c3c(c2cc1Cl)CCC3. The van der Waals surface area contributed by atoms with Gasteiger partial charge in [-0.05, 0) is 37.8 Å². The first kappa shape index (κ1) is 14.9. The van der Waals surface area contributed by atoms with E-state index in [1.54, 1.807) is 19.1 Å². The quantitative estimate of drug-likeness (QED) is 0.642. The second-order valence-electron chi connectivity index (χ2n) is 5.26. The number of rotatable bonds is 3. The monoisotopic (exact) mass is 322 g/mol. The van der Waals surface area contributed by atoms with Crippen molar-refractivity contribution in [2.24, 2.45) is 0 Å². The summed E-state index contributed by atoms with van der Waals surface area (Å²) in [5, 5.41) is 1.20. The van der Waals surface area contributed by atoms with Crippen molar-refractivity contribution in [3.8, 4) is 5.75 Å². The number of hydrogen-bond acceptors (Lipinski definition) is 5. The molecule has 6 heteroatoms. The van der Waals surface area contributed by atoms with Gasteiger partial charge in [0.25, 0.3) is 0 Å². The number of methoxy groups -OCH3 is 1. The second kappa shape index (κ2) is 5.65. The summed E-state index contributed by atoms with van der Waals surface area (Å²) in [5.41, 5.74) is 1.84. The Morgan fingerprint density at radius 2 is 2.05 bits per heavy atom. The van der Waals surface area contributed by atoms with E-state index >= 15 is 0 Å². The first-order valence-electron chi connectivity index (χ1n) is 7.04. The fourth-order valence-electron chi connectivity index (χ4n) is 2.78. The summed E-state index contributed by atoms with van der Waals surface area (Å²) in [6.07, 6.45) is 1.71. The summed E-state index contributed by atoms with van der Waals surface area (Å²) in [4.78, 5) is 23.4. The van der Waals surface area contributed by atoms with E-state index in [0.717, 1.165) is 35.8 Å². The van der Waals surface area contributed by atoms with Crippen molar-refractivity contribution in [1.82, 2.24) is 0 Å². The van der Waals surface area contributed by atoms with Gasteiger partial charge in [0.05, 0.1) is 12.1 Å². The van der Waals surface area contributed by atoms with E-state index < -0.39 is 12.1 Å². The molecule has 1 aromatic heterocycles. The van der Waals surface area contributed by atoms with Crippen LogP contribution in [0.4, 0.5) is 0 Å². The molecule has 0 radical (unpaired) electrons. The molecule has 116 valence electrons. The van der Waals surface area contributed by atoms with Gasteiger partial charge in [-0.25, -0.2) is 9.59 Å². The highest BCUT2D eigenvalue weighted by molar-refractivity contribution is 6.32. The van der Waals surface area contributed by atoms with E-state index in [2.05, 4.69) is 4.74 Å². The number of hydrogen-bond donors (Lipinski definition) is 0. The van der Waals surface area contributed by atoms with Gasteiger partial charge in [0.1, 0.15) is 11.3 Å². The third kappa shape index (κ3) is 2.46. The van der Waals surface area contributed by atoms with Crippen LogP contribution in [0, 0.1) is 0 Å². The molecule has 2 aromatic rings. The molecular weight excluding hydrogens is 308 g/mol. The first-order chi connectivity index (χ1) is 10.5. The Hall–Kier alpha value is -2.01. The van der Waals surface area contributed by atoms with Gasteiger partial charge in [0.15, 0.2) is 6.10 Å². The molecule has 1 aliphatic rings. The predicted octanol–water partition coefficient (Wildman–Crippen LogP) is 2.88. The van der Waals surface area contributed by atoms with Crippen LogP contribution >= 0.6 is 11.6 Å². The molecular formula is C16H15ClO5. The van der Waals surface area contributed by atoms with Gasteiger partial charge in [-0.1, -0.05) is 11.6 Å². The zero-order valence-electron chi connectivity index (χ0n) is 12.3. The lowest BCUT2D eigenvalue weighted by Gasteiger charge is -2.14. The summed E-state index contributed by atoms with van der Waals surface area (Å²) in [6, 6.07) is 3.28. The van der Waals surface area contributed by atoms with Gasteiger partial charge in [0.2, 0.25) is 0 Å². The molecule has 0 fully saturated rings. The molecule has 1 unspecified atom stereocenters. The molecule has 0 amide bonds. The van der Waals surface area contributed by atoms with Gasteiger partial charge >= 0.3 is 11.6 Å². The van der Waals surface area contributed by atoms with Crippen molar-refractivity contribution < 1.29 is 18.7 Å². The number of fused-ring (bicyclic) bond motifs is 3. The Bertz CT molecular complexity index is 808. The third-order valence-electron chi connectivity index (χ3n) is 3.86. The Morgan fingerprint density at radius 1 is 1.32 bits per heavy atom. The highest BCUT2D eigenvalue weighted by Gasteiger charge is 2.22. The number of ether oxygens (including phenoxy) is 2. The van der Waals surface area contributed by atoms with Crippen molar-refractivity contribution >= 4 is 28.5 Å². The topological polar surface area (TPSA) is 65.7 Å². The summed E-state index contributed by atoms with van der Waals surface area (Å²) in [5.74, 6) is -0.222. The normalized spacial score (nSPS) is 14.7. The molecule has 22 heavy (non-hydrogen) atoms. The zero-order chi connectivity index (χ0) is 15.9. The van der Waals surface area contributed by atoms with Crippen LogP contribution in [-0.2, 0) is 22.4 Å². The fraction of sp³-hybridized carbons (Fsp3) is 0.375. The van der Waals surface area contributed by atoms with E-state index in [-0.39, 0.29) is 11.4 Å². The molecule has 1 aliphatic carbocycles. The summed E-state index contributed by atoms with van der Waals surface area (Å²) < 4.78 is 15.5. The van der Waals surface area contributed by atoms with E-state index in [4.69, 9.17) is 20.8 Å². The summed E-state index contributed by atoms with van der Waals surface area (Å²) in [7, 11) is 1.28. The Morgan fingerprint density at radius 3 is 2.77 bits per heavy atom. The maximum atomic E-state index is 12.0. The lowest BCUT2D eigenvalue weighted by molar-refractivity contribution is -0.147. The average molecular weight is 323 g/mol. The molecule has 0 N–H and O–H groups in total. The molecule has 1 heterocycles. The Balaban J connectivity index is 2.08. The minimum atomic E-state index is -0.805. The van der Waals surface area contributed by atoms with Crippen LogP contribution in [0.2, 0.25) is 5.02 Å². The van der Waals surface area contributed by atoms with Crippen LogP contribution < -0.4 is 10.4 Å². The molecule has 0 saturated heterocycles. The number of benzene rings is 1. The Labute approximate surface area is 131 Å². The summed E-state index contributed by atoms with van der Waals surface area (Å²) >= 11 is 6.24. The number of carbonyl (C=O) groups is 1. The van der Waals surface area contributed by atoms with Gasteiger partial charge in [-0.3, -0.25) is 0 Å². The van der Waals surface area contributed by atoms with Gasteiger partial charge in [-0.2, -0.15) is 0 Å². The smallest absolute Gasteiger partial charge is 0.346 e. The van der Waals surface area contributed by atoms with E-state index in [9.17, 15) is 9.59 Å².